The Hall–Kier alpha value is -2.62. The van der Waals surface area contributed by atoms with Crippen molar-refractivity contribution in [3.8, 4) is 0 Å². The van der Waals surface area contributed by atoms with E-state index in [1.807, 2.05) is 60.7 Å². The van der Waals surface area contributed by atoms with Crippen molar-refractivity contribution in [2.75, 3.05) is 0 Å². The first-order valence-electron chi connectivity index (χ1n) is 6.84. The summed E-state index contributed by atoms with van der Waals surface area (Å²) in [6, 6.07) is 19.1. The third-order valence-electron chi connectivity index (χ3n) is 3.41. The molecule has 2 rings (SSSR count). The van der Waals surface area contributed by atoms with Crippen molar-refractivity contribution < 1.29 is 9.59 Å². The fraction of sp³-hybridized carbons (Fsp3) is 0.176. The molecule has 0 heterocycles. The summed E-state index contributed by atoms with van der Waals surface area (Å²) < 4.78 is 0. The van der Waals surface area contributed by atoms with Gasteiger partial charge in [-0.05, 0) is 17.5 Å². The average molecular weight is 282 g/mol. The number of hydrogen-bond acceptors (Lipinski definition) is 2. The van der Waals surface area contributed by atoms with E-state index < -0.39 is 0 Å². The van der Waals surface area contributed by atoms with E-state index in [1.54, 1.807) is 0 Å². The molecule has 2 atom stereocenters. The first kappa shape index (κ1) is 14.8. The third kappa shape index (κ3) is 4.18. The highest BCUT2D eigenvalue weighted by Crippen LogP contribution is 2.25. The van der Waals surface area contributed by atoms with Crippen LogP contribution >= 0.6 is 0 Å². The maximum Gasteiger partial charge on any atom is 0.207 e. The van der Waals surface area contributed by atoms with Gasteiger partial charge in [-0.2, -0.15) is 0 Å². The van der Waals surface area contributed by atoms with Crippen LogP contribution in [-0.2, 0) is 9.59 Å². The van der Waals surface area contributed by atoms with Crippen LogP contribution in [0, 0.1) is 0 Å². The Morgan fingerprint density at radius 1 is 0.714 bits per heavy atom. The summed E-state index contributed by atoms with van der Waals surface area (Å²) in [5.74, 6) is 0. The summed E-state index contributed by atoms with van der Waals surface area (Å²) in [5.41, 5.74) is 2.02. The van der Waals surface area contributed by atoms with E-state index in [9.17, 15) is 9.59 Å². The highest BCUT2D eigenvalue weighted by Gasteiger charge is 2.18. The molecule has 0 spiro atoms. The summed E-state index contributed by atoms with van der Waals surface area (Å²) in [7, 11) is 0. The Kier molecular flexibility index (Phi) is 5.52. The van der Waals surface area contributed by atoms with E-state index in [0.29, 0.717) is 19.2 Å². The molecule has 2 N–H and O–H groups in total. The van der Waals surface area contributed by atoms with E-state index >= 15 is 0 Å². The first-order chi connectivity index (χ1) is 10.3. The number of benzene rings is 2. The maximum absolute atomic E-state index is 10.9. The normalized spacial score (nSPS) is 13.0. The highest BCUT2D eigenvalue weighted by atomic mass is 16.1. The molecule has 0 aliphatic carbocycles. The second-order valence-electron chi connectivity index (χ2n) is 4.73. The number of rotatable bonds is 8. The van der Waals surface area contributed by atoms with Gasteiger partial charge in [0.05, 0.1) is 12.1 Å². The number of amides is 2. The van der Waals surface area contributed by atoms with Crippen LogP contribution in [-0.4, -0.2) is 12.8 Å². The average Bonchev–Trinajstić information content (AvgIpc) is 2.55. The summed E-state index contributed by atoms with van der Waals surface area (Å²) >= 11 is 0. The van der Waals surface area contributed by atoms with Crippen molar-refractivity contribution >= 4 is 12.8 Å². The third-order valence-corrected chi connectivity index (χ3v) is 3.41. The Bertz CT molecular complexity index is 506. The highest BCUT2D eigenvalue weighted by molar-refractivity contribution is 5.49. The van der Waals surface area contributed by atoms with E-state index in [4.69, 9.17) is 0 Å². The molecule has 4 heteroatoms. The fourth-order valence-corrected chi connectivity index (χ4v) is 2.37. The molecule has 2 aromatic rings. The molecule has 2 aromatic carbocycles. The summed E-state index contributed by atoms with van der Waals surface area (Å²) in [5, 5.41) is 5.64. The number of carbonyl (C=O) groups is 2. The maximum atomic E-state index is 10.9. The van der Waals surface area contributed by atoms with Crippen LogP contribution in [0.25, 0.3) is 0 Å². The second kappa shape index (κ2) is 7.85. The lowest BCUT2D eigenvalue weighted by atomic mass is 9.95. The lowest BCUT2D eigenvalue weighted by molar-refractivity contribution is -0.110. The molecule has 108 valence electrons. The van der Waals surface area contributed by atoms with Gasteiger partial charge in [0, 0.05) is 0 Å². The molecule has 0 bridgehead atoms. The molecule has 2 amide bonds. The first-order valence-corrected chi connectivity index (χ1v) is 6.84. The molecule has 21 heavy (non-hydrogen) atoms. The predicted molar refractivity (Wildman–Crippen MR) is 81.4 cm³/mol. The molecular formula is C17H18N2O2. The largest absolute Gasteiger partial charge is 0.352 e. The van der Waals surface area contributed by atoms with Gasteiger partial charge in [-0.15, -0.1) is 0 Å². The van der Waals surface area contributed by atoms with Gasteiger partial charge in [-0.1, -0.05) is 60.7 Å². The molecule has 0 radical (unpaired) electrons. The Balaban J connectivity index is 2.20. The predicted octanol–water partition coefficient (Wildman–Crippen LogP) is 2.35. The van der Waals surface area contributed by atoms with Gasteiger partial charge in [0.25, 0.3) is 0 Å². The van der Waals surface area contributed by atoms with E-state index in [1.165, 1.54) is 0 Å². The van der Waals surface area contributed by atoms with E-state index in [-0.39, 0.29) is 12.1 Å². The van der Waals surface area contributed by atoms with Crippen LogP contribution in [0.2, 0.25) is 0 Å². The van der Waals surface area contributed by atoms with Gasteiger partial charge >= 0.3 is 0 Å². The number of nitrogens with one attached hydrogen (secondary N) is 2. The minimum absolute atomic E-state index is 0.152. The van der Waals surface area contributed by atoms with Gasteiger partial charge in [0.15, 0.2) is 0 Å². The molecule has 0 saturated heterocycles. The molecule has 0 aliphatic rings. The van der Waals surface area contributed by atoms with Crippen molar-refractivity contribution in [1.29, 1.82) is 0 Å². The van der Waals surface area contributed by atoms with Crippen LogP contribution in [0.3, 0.4) is 0 Å². The van der Waals surface area contributed by atoms with Crippen molar-refractivity contribution in [1.82, 2.24) is 10.6 Å². The van der Waals surface area contributed by atoms with Crippen LogP contribution in [0.4, 0.5) is 0 Å². The van der Waals surface area contributed by atoms with Crippen molar-refractivity contribution in [3.63, 3.8) is 0 Å². The molecule has 0 saturated carbocycles. The van der Waals surface area contributed by atoms with Crippen molar-refractivity contribution in [3.05, 3.63) is 71.8 Å². The quantitative estimate of drug-likeness (QED) is 0.730. The van der Waals surface area contributed by atoms with E-state index in [0.717, 1.165) is 11.1 Å². The summed E-state index contributed by atoms with van der Waals surface area (Å²) in [4.78, 5) is 21.7. The van der Waals surface area contributed by atoms with Gasteiger partial charge in [-0.25, -0.2) is 0 Å². The minimum Gasteiger partial charge on any atom is -0.352 e. The van der Waals surface area contributed by atoms with Gasteiger partial charge < -0.3 is 10.6 Å². The Labute approximate surface area is 124 Å². The topological polar surface area (TPSA) is 58.2 Å². The zero-order valence-electron chi connectivity index (χ0n) is 11.6. The van der Waals surface area contributed by atoms with Gasteiger partial charge in [0.1, 0.15) is 0 Å². The standard InChI is InChI=1S/C17H18N2O2/c20-12-18-16(14-7-3-1-4-8-14)11-17(19-13-21)15-9-5-2-6-10-15/h1-10,12-13,16-17H,11H2,(H,18,20)(H,19,21). The van der Waals surface area contributed by atoms with Crippen molar-refractivity contribution in [2.24, 2.45) is 0 Å². The van der Waals surface area contributed by atoms with Crippen molar-refractivity contribution in [2.45, 2.75) is 18.5 Å². The van der Waals surface area contributed by atoms with Crippen LogP contribution in [0.15, 0.2) is 60.7 Å². The molecule has 0 aromatic heterocycles. The Morgan fingerprint density at radius 2 is 1.10 bits per heavy atom. The summed E-state index contributed by atoms with van der Waals surface area (Å²) in [6.07, 6.45) is 1.98. The fourth-order valence-electron chi connectivity index (χ4n) is 2.37. The minimum atomic E-state index is -0.152. The lowest BCUT2D eigenvalue weighted by Crippen LogP contribution is -2.27. The molecule has 0 aliphatic heterocycles. The second-order valence-corrected chi connectivity index (χ2v) is 4.73. The number of hydrogen-bond donors (Lipinski definition) is 2. The van der Waals surface area contributed by atoms with Crippen LogP contribution < -0.4 is 10.6 Å². The van der Waals surface area contributed by atoms with Crippen LogP contribution in [0.5, 0.6) is 0 Å². The zero-order valence-corrected chi connectivity index (χ0v) is 11.6. The van der Waals surface area contributed by atoms with Gasteiger partial charge in [-0.3, -0.25) is 9.59 Å². The summed E-state index contributed by atoms with van der Waals surface area (Å²) in [6.45, 7) is 0. The smallest absolute Gasteiger partial charge is 0.207 e. The number of carbonyl (C=O) groups excluding carboxylic acids is 2. The monoisotopic (exact) mass is 282 g/mol. The lowest BCUT2D eigenvalue weighted by Gasteiger charge is -2.23. The van der Waals surface area contributed by atoms with Gasteiger partial charge in [0.2, 0.25) is 12.8 Å². The Morgan fingerprint density at radius 3 is 1.43 bits per heavy atom. The molecule has 0 fully saturated rings. The molecule has 4 nitrogen and oxygen atoms in total. The van der Waals surface area contributed by atoms with E-state index in [2.05, 4.69) is 10.6 Å². The zero-order chi connectivity index (χ0) is 14.9. The SMILES string of the molecule is O=CNC(CC(NC=O)c1ccccc1)c1ccccc1. The molecular weight excluding hydrogens is 264 g/mol. The van der Waals surface area contributed by atoms with Crippen LogP contribution in [0.1, 0.15) is 29.6 Å². The molecule has 2 unspecified atom stereocenters.